The number of nitrogens with zero attached hydrogens (tertiary/aromatic N) is 1. The molecule has 0 saturated carbocycles. The Labute approximate surface area is 133 Å². The molecule has 0 radical (unpaired) electrons. The molecule has 1 heterocycles. The van der Waals surface area contributed by atoms with Gasteiger partial charge >= 0.3 is 0 Å². The van der Waals surface area contributed by atoms with Crippen molar-refractivity contribution in [3.8, 4) is 5.75 Å². The molecule has 1 atom stereocenters. The van der Waals surface area contributed by atoms with Crippen LogP contribution >= 0.6 is 11.3 Å². The van der Waals surface area contributed by atoms with Crippen LogP contribution in [0.4, 0.5) is 4.39 Å². The third kappa shape index (κ3) is 3.84. The maximum absolute atomic E-state index is 13.4. The number of hydrogen-bond acceptors (Lipinski definition) is 4. The van der Waals surface area contributed by atoms with E-state index in [1.165, 1.54) is 25.3 Å². The highest BCUT2D eigenvalue weighted by atomic mass is 32.1. The summed E-state index contributed by atoms with van der Waals surface area (Å²) in [4.78, 5) is 14.3. The van der Waals surface area contributed by atoms with Gasteiger partial charge in [-0.3, -0.25) is 4.79 Å². The minimum absolute atomic E-state index is 0.0646. The lowest BCUT2D eigenvalue weighted by molar-refractivity contribution is 0.0938. The van der Waals surface area contributed by atoms with E-state index in [0.717, 1.165) is 5.56 Å². The number of ether oxygens (including phenoxy) is 1. The first-order valence-corrected chi connectivity index (χ1v) is 7.77. The van der Waals surface area contributed by atoms with Gasteiger partial charge in [0.15, 0.2) is 0 Å². The van der Waals surface area contributed by atoms with Gasteiger partial charge in [-0.05, 0) is 54.7 Å². The molecule has 22 heavy (non-hydrogen) atoms. The molecule has 0 spiro atoms. The number of amides is 1. The molecule has 4 nitrogen and oxygen atoms in total. The first-order valence-electron chi connectivity index (χ1n) is 6.83. The Hall–Kier alpha value is -1.92. The van der Waals surface area contributed by atoms with Gasteiger partial charge in [0.2, 0.25) is 0 Å². The van der Waals surface area contributed by atoms with Crippen molar-refractivity contribution in [3.05, 3.63) is 52.0 Å². The third-order valence-corrected chi connectivity index (χ3v) is 4.11. The second-order valence-corrected chi connectivity index (χ2v) is 5.87. The van der Waals surface area contributed by atoms with E-state index in [2.05, 4.69) is 10.7 Å². The zero-order chi connectivity index (χ0) is 16.1. The Morgan fingerprint density at radius 1 is 1.41 bits per heavy atom. The molecular formula is C16H19FN2O2S. The van der Waals surface area contributed by atoms with Crippen molar-refractivity contribution in [2.75, 3.05) is 27.7 Å². The van der Waals surface area contributed by atoms with Crippen LogP contribution in [-0.2, 0) is 0 Å². The lowest BCUT2D eigenvalue weighted by Crippen LogP contribution is -2.34. The second-order valence-electron chi connectivity index (χ2n) is 5.09. The fraction of sp³-hybridized carbons (Fsp3) is 0.312. The van der Waals surface area contributed by atoms with Crippen molar-refractivity contribution in [1.29, 1.82) is 0 Å². The summed E-state index contributed by atoms with van der Waals surface area (Å²) in [7, 11) is 5.37. The van der Waals surface area contributed by atoms with Crippen LogP contribution in [0.15, 0.2) is 35.0 Å². The lowest BCUT2D eigenvalue weighted by atomic mass is 10.1. The van der Waals surface area contributed by atoms with E-state index in [4.69, 9.17) is 4.74 Å². The second kappa shape index (κ2) is 7.38. The average Bonchev–Trinajstić information content (AvgIpc) is 3.01. The number of rotatable bonds is 6. The highest BCUT2D eigenvalue weighted by Crippen LogP contribution is 2.22. The standard InChI is InChI=1S/C16H19FN2O2S/c1-19(2)14(11-6-7-22-10-11)9-18-16(20)13-8-12(17)4-5-15(13)21-3/h4-8,10,14H,9H2,1-3H3,(H,18,20)/t14-/m0/s1. The van der Waals surface area contributed by atoms with Crippen LogP contribution in [0.2, 0.25) is 0 Å². The maximum Gasteiger partial charge on any atom is 0.255 e. The summed E-state index contributed by atoms with van der Waals surface area (Å²) in [5, 5.41) is 6.91. The monoisotopic (exact) mass is 322 g/mol. The summed E-state index contributed by atoms with van der Waals surface area (Å²) in [6.45, 7) is 0.433. The number of thiophene rings is 1. The Bertz CT molecular complexity index is 629. The number of halogens is 1. The van der Waals surface area contributed by atoms with Crippen molar-refractivity contribution in [3.63, 3.8) is 0 Å². The molecule has 1 N–H and O–H groups in total. The molecule has 0 bridgehead atoms. The Balaban J connectivity index is 2.10. The highest BCUT2D eigenvalue weighted by molar-refractivity contribution is 7.07. The third-order valence-electron chi connectivity index (χ3n) is 3.41. The summed E-state index contributed by atoms with van der Waals surface area (Å²) in [5.41, 5.74) is 1.34. The maximum atomic E-state index is 13.4. The lowest BCUT2D eigenvalue weighted by Gasteiger charge is -2.24. The Morgan fingerprint density at radius 3 is 2.77 bits per heavy atom. The summed E-state index contributed by atoms with van der Waals surface area (Å²) >= 11 is 1.62. The normalized spacial score (nSPS) is 12.2. The van der Waals surface area contributed by atoms with Crippen LogP contribution in [0.3, 0.4) is 0 Å². The van der Waals surface area contributed by atoms with Gasteiger partial charge in [0, 0.05) is 6.54 Å². The number of carbonyl (C=O) groups excluding carboxylic acids is 1. The van der Waals surface area contributed by atoms with Crippen molar-refractivity contribution in [2.45, 2.75) is 6.04 Å². The van der Waals surface area contributed by atoms with Crippen molar-refractivity contribution in [2.24, 2.45) is 0 Å². The molecule has 2 aromatic rings. The molecule has 0 aliphatic rings. The smallest absolute Gasteiger partial charge is 0.255 e. The Morgan fingerprint density at radius 2 is 2.18 bits per heavy atom. The number of carbonyl (C=O) groups is 1. The molecule has 0 unspecified atom stereocenters. The van der Waals surface area contributed by atoms with E-state index < -0.39 is 5.82 Å². The summed E-state index contributed by atoms with van der Waals surface area (Å²) in [6, 6.07) is 6.00. The SMILES string of the molecule is COc1ccc(F)cc1C(=O)NC[C@@H](c1ccsc1)N(C)C. The number of methoxy groups -OCH3 is 1. The topological polar surface area (TPSA) is 41.6 Å². The quantitative estimate of drug-likeness (QED) is 0.889. The first kappa shape index (κ1) is 16.5. The zero-order valence-corrected chi connectivity index (χ0v) is 13.6. The van der Waals surface area contributed by atoms with Gasteiger partial charge in [-0.1, -0.05) is 0 Å². The van der Waals surface area contributed by atoms with Gasteiger partial charge in [-0.25, -0.2) is 4.39 Å². The van der Waals surface area contributed by atoms with Crippen LogP contribution in [0.5, 0.6) is 5.75 Å². The van der Waals surface area contributed by atoms with Crippen molar-refractivity contribution in [1.82, 2.24) is 10.2 Å². The van der Waals surface area contributed by atoms with E-state index in [1.807, 2.05) is 30.4 Å². The van der Waals surface area contributed by atoms with Crippen LogP contribution < -0.4 is 10.1 Å². The van der Waals surface area contributed by atoms with Gasteiger partial charge in [-0.15, -0.1) is 0 Å². The molecule has 0 aliphatic heterocycles. The number of nitrogens with one attached hydrogen (secondary N) is 1. The molecule has 0 aliphatic carbocycles. The van der Waals surface area contributed by atoms with Crippen LogP contribution in [0.25, 0.3) is 0 Å². The Kier molecular flexibility index (Phi) is 5.51. The predicted molar refractivity (Wildman–Crippen MR) is 86.0 cm³/mol. The van der Waals surface area contributed by atoms with Gasteiger partial charge in [-0.2, -0.15) is 11.3 Å². The summed E-state index contributed by atoms with van der Waals surface area (Å²) in [6.07, 6.45) is 0. The zero-order valence-electron chi connectivity index (χ0n) is 12.8. The minimum Gasteiger partial charge on any atom is -0.496 e. The largest absolute Gasteiger partial charge is 0.496 e. The fourth-order valence-electron chi connectivity index (χ4n) is 2.21. The predicted octanol–water partition coefficient (Wildman–Crippen LogP) is 2.93. The van der Waals surface area contributed by atoms with E-state index in [9.17, 15) is 9.18 Å². The molecule has 1 aromatic heterocycles. The molecule has 0 saturated heterocycles. The van der Waals surface area contributed by atoms with Crippen LogP contribution in [0, 0.1) is 5.82 Å². The van der Waals surface area contributed by atoms with Gasteiger partial charge in [0.25, 0.3) is 5.91 Å². The molecule has 1 amide bonds. The average molecular weight is 322 g/mol. The van der Waals surface area contributed by atoms with E-state index in [1.54, 1.807) is 11.3 Å². The van der Waals surface area contributed by atoms with E-state index in [0.29, 0.717) is 12.3 Å². The molecule has 2 rings (SSSR count). The van der Waals surface area contributed by atoms with E-state index >= 15 is 0 Å². The molecular weight excluding hydrogens is 303 g/mol. The molecule has 0 fully saturated rings. The summed E-state index contributed by atoms with van der Waals surface area (Å²) < 4.78 is 18.5. The van der Waals surface area contributed by atoms with Crippen molar-refractivity contribution >= 4 is 17.2 Å². The minimum atomic E-state index is -0.465. The van der Waals surface area contributed by atoms with Gasteiger partial charge in [0.05, 0.1) is 18.7 Å². The number of likely N-dealkylation sites (N-methyl/N-ethyl adjacent to an activating group) is 1. The van der Waals surface area contributed by atoms with E-state index in [-0.39, 0.29) is 17.5 Å². The molecule has 118 valence electrons. The highest BCUT2D eigenvalue weighted by Gasteiger charge is 2.18. The van der Waals surface area contributed by atoms with Crippen LogP contribution in [0.1, 0.15) is 22.0 Å². The molecule has 1 aromatic carbocycles. The number of benzene rings is 1. The first-order chi connectivity index (χ1) is 10.5. The van der Waals surface area contributed by atoms with Gasteiger partial charge in [0.1, 0.15) is 11.6 Å². The fourth-order valence-corrected chi connectivity index (χ4v) is 2.91. The van der Waals surface area contributed by atoms with Crippen LogP contribution in [-0.4, -0.2) is 38.6 Å². The number of hydrogen-bond donors (Lipinski definition) is 1. The van der Waals surface area contributed by atoms with Gasteiger partial charge < -0.3 is 15.0 Å². The summed E-state index contributed by atoms with van der Waals surface area (Å²) in [5.74, 6) is -0.456. The van der Waals surface area contributed by atoms with Crippen molar-refractivity contribution < 1.29 is 13.9 Å². The molecule has 6 heteroatoms.